The summed E-state index contributed by atoms with van der Waals surface area (Å²) in [6, 6.07) is 2.43. The molecule has 5 nitrogen and oxygen atoms in total. The van der Waals surface area contributed by atoms with Gasteiger partial charge in [0.25, 0.3) is 0 Å². The summed E-state index contributed by atoms with van der Waals surface area (Å²) in [5.74, 6) is -0.867. The van der Waals surface area contributed by atoms with Crippen LogP contribution in [0.5, 0.6) is 0 Å². The molecule has 0 aliphatic carbocycles. The van der Waals surface area contributed by atoms with Crippen molar-refractivity contribution in [1.82, 2.24) is 5.48 Å². The second-order valence-electron chi connectivity index (χ2n) is 2.36. The zero-order chi connectivity index (χ0) is 9.14. The Balaban J connectivity index is 2.84. The molecule has 1 heterocycles. The number of carboxylic acids is 1. The molecule has 0 saturated carbocycles. The molecule has 0 radical (unpaired) electrons. The maximum Gasteiger partial charge on any atom is 0.371 e. The van der Waals surface area contributed by atoms with Crippen molar-refractivity contribution in [3.8, 4) is 0 Å². The molecule has 1 rings (SSSR count). The van der Waals surface area contributed by atoms with Crippen LogP contribution in [0.3, 0.4) is 0 Å². The highest BCUT2D eigenvalue weighted by molar-refractivity contribution is 5.84. The van der Waals surface area contributed by atoms with E-state index in [-0.39, 0.29) is 5.76 Å². The van der Waals surface area contributed by atoms with Crippen molar-refractivity contribution in [3.63, 3.8) is 0 Å². The van der Waals surface area contributed by atoms with Gasteiger partial charge in [-0.1, -0.05) is 0 Å². The minimum Gasteiger partial charge on any atom is -0.475 e. The summed E-state index contributed by atoms with van der Waals surface area (Å²) < 4.78 is 4.88. The maximum atomic E-state index is 10.3. The lowest BCUT2D eigenvalue weighted by Gasteiger charge is -2.03. The van der Waals surface area contributed by atoms with Crippen LogP contribution in [-0.2, 0) is 0 Å². The normalized spacial score (nSPS) is 12.8. The molecule has 1 aromatic rings. The number of carboxylic acid groups (broad SMARTS) is 1. The van der Waals surface area contributed by atoms with Gasteiger partial charge in [-0.25, -0.2) is 4.79 Å². The Labute approximate surface area is 68.6 Å². The molecule has 3 N–H and O–H groups in total. The van der Waals surface area contributed by atoms with Gasteiger partial charge >= 0.3 is 5.97 Å². The van der Waals surface area contributed by atoms with E-state index in [4.69, 9.17) is 14.7 Å². The van der Waals surface area contributed by atoms with Gasteiger partial charge in [0, 0.05) is 0 Å². The fraction of sp³-hybridized carbons (Fsp3) is 0.286. The molecule has 0 fully saturated rings. The SMILES string of the molecule is CC(NO)c1ccc(C(=O)O)o1. The van der Waals surface area contributed by atoms with Crippen molar-refractivity contribution in [2.75, 3.05) is 0 Å². The first kappa shape index (κ1) is 8.76. The van der Waals surface area contributed by atoms with Crippen LogP contribution in [0.2, 0.25) is 0 Å². The summed E-state index contributed by atoms with van der Waals surface area (Å²) in [4.78, 5) is 10.3. The summed E-state index contributed by atoms with van der Waals surface area (Å²) in [5, 5.41) is 17.0. The predicted molar refractivity (Wildman–Crippen MR) is 39.0 cm³/mol. The van der Waals surface area contributed by atoms with Crippen LogP contribution < -0.4 is 5.48 Å². The maximum absolute atomic E-state index is 10.3. The molecular weight excluding hydrogens is 162 g/mol. The lowest BCUT2D eigenvalue weighted by molar-refractivity contribution is 0.0653. The lowest BCUT2D eigenvalue weighted by Crippen LogP contribution is -2.12. The van der Waals surface area contributed by atoms with E-state index in [9.17, 15) is 4.79 Å². The predicted octanol–water partition coefficient (Wildman–Crippen LogP) is 1.02. The number of hydrogen-bond donors (Lipinski definition) is 3. The molecule has 0 spiro atoms. The zero-order valence-electron chi connectivity index (χ0n) is 6.44. The first-order chi connectivity index (χ1) is 5.65. The van der Waals surface area contributed by atoms with Crippen molar-refractivity contribution >= 4 is 5.97 Å². The van der Waals surface area contributed by atoms with Gasteiger partial charge in [0.1, 0.15) is 5.76 Å². The van der Waals surface area contributed by atoms with Gasteiger partial charge in [0.15, 0.2) is 0 Å². The van der Waals surface area contributed by atoms with E-state index < -0.39 is 12.0 Å². The topological polar surface area (TPSA) is 82.7 Å². The van der Waals surface area contributed by atoms with Gasteiger partial charge in [-0.05, 0) is 19.1 Å². The number of aromatic carboxylic acids is 1. The van der Waals surface area contributed by atoms with E-state index in [1.54, 1.807) is 6.92 Å². The fourth-order valence-corrected chi connectivity index (χ4v) is 0.764. The summed E-state index contributed by atoms with van der Waals surface area (Å²) >= 11 is 0. The van der Waals surface area contributed by atoms with Gasteiger partial charge < -0.3 is 14.7 Å². The van der Waals surface area contributed by atoms with E-state index in [1.165, 1.54) is 12.1 Å². The van der Waals surface area contributed by atoms with E-state index in [0.717, 1.165) is 0 Å². The third-order valence-corrected chi connectivity index (χ3v) is 1.46. The standard InChI is InChI=1S/C7H9NO4/c1-4(8-11)5-2-3-6(12-5)7(9)10/h2-4,8,11H,1H3,(H,9,10). The summed E-state index contributed by atoms with van der Waals surface area (Å²) in [5.41, 5.74) is 1.95. The molecular formula is C7H9NO4. The molecule has 5 heteroatoms. The molecule has 0 saturated heterocycles. The number of rotatable bonds is 3. The number of hydrogen-bond acceptors (Lipinski definition) is 4. The van der Waals surface area contributed by atoms with Gasteiger partial charge in [-0.15, -0.1) is 0 Å². The van der Waals surface area contributed by atoms with Crippen LogP contribution in [0.4, 0.5) is 0 Å². The molecule has 0 bridgehead atoms. The second-order valence-corrected chi connectivity index (χ2v) is 2.36. The quantitative estimate of drug-likeness (QED) is 0.591. The largest absolute Gasteiger partial charge is 0.475 e. The summed E-state index contributed by atoms with van der Waals surface area (Å²) in [6.45, 7) is 1.64. The second kappa shape index (κ2) is 3.38. The van der Waals surface area contributed by atoms with E-state index >= 15 is 0 Å². The van der Waals surface area contributed by atoms with Gasteiger partial charge in [0.05, 0.1) is 6.04 Å². The minimum atomic E-state index is -1.12. The lowest BCUT2D eigenvalue weighted by atomic mass is 10.3. The van der Waals surface area contributed by atoms with E-state index in [0.29, 0.717) is 5.76 Å². The molecule has 12 heavy (non-hydrogen) atoms. The molecule has 1 unspecified atom stereocenters. The van der Waals surface area contributed by atoms with Gasteiger partial charge in [0.2, 0.25) is 5.76 Å². The van der Waals surface area contributed by atoms with Crippen molar-refractivity contribution in [1.29, 1.82) is 0 Å². The monoisotopic (exact) mass is 171 g/mol. The highest BCUT2D eigenvalue weighted by Crippen LogP contribution is 2.15. The highest BCUT2D eigenvalue weighted by atomic mass is 16.5. The Morgan fingerprint density at radius 3 is 2.75 bits per heavy atom. The molecule has 0 amide bonds. The number of carbonyl (C=O) groups is 1. The average molecular weight is 171 g/mol. The smallest absolute Gasteiger partial charge is 0.371 e. The van der Waals surface area contributed by atoms with Gasteiger partial charge in [-0.3, -0.25) is 0 Å². The minimum absolute atomic E-state index is 0.132. The molecule has 1 atom stereocenters. The van der Waals surface area contributed by atoms with Crippen molar-refractivity contribution < 1.29 is 19.5 Å². The van der Waals surface area contributed by atoms with Crippen LogP contribution in [0.1, 0.15) is 29.3 Å². The molecule has 66 valence electrons. The van der Waals surface area contributed by atoms with Crippen molar-refractivity contribution in [3.05, 3.63) is 23.7 Å². The Kier molecular flexibility index (Phi) is 2.47. The molecule has 1 aromatic heterocycles. The number of hydroxylamine groups is 1. The highest BCUT2D eigenvalue weighted by Gasteiger charge is 2.12. The van der Waals surface area contributed by atoms with Crippen LogP contribution in [0.15, 0.2) is 16.5 Å². The Morgan fingerprint density at radius 1 is 1.67 bits per heavy atom. The summed E-state index contributed by atoms with van der Waals surface area (Å²) in [6.07, 6.45) is 0. The van der Waals surface area contributed by atoms with Gasteiger partial charge in [-0.2, -0.15) is 5.48 Å². The number of furan rings is 1. The van der Waals surface area contributed by atoms with Crippen LogP contribution in [0.25, 0.3) is 0 Å². The van der Waals surface area contributed by atoms with E-state index in [2.05, 4.69) is 0 Å². The Bertz CT molecular complexity index is 281. The molecule has 0 aliphatic rings. The summed E-state index contributed by atoms with van der Waals surface area (Å²) in [7, 11) is 0. The zero-order valence-corrected chi connectivity index (χ0v) is 6.44. The third kappa shape index (κ3) is 1.63. The van der Waals surface area contributed by atoms with Crippen molar-refractivity contribution in [2.24, 2.45) is 0 Å². The first-order valence-corrected chi connectivity index (χ1v) is 3.37. The average Bonchev–Trinajstić information content (AvgIpc) is 2.51. The third-order valence-electron chi connectivity index (χ3n) is 1.46. The van der Waals surface area contributed by atoms with E-state index in [1.807, 2.05) is 5.48 Å². The molecule has 0 aromatic carbocycles. The number of nitrogens with one attached hydrogen (secondary N) is 1. The first-order valence-electron chi connectivity index (χ1n) is 3.37. The van der Waals surface area contributed by atoms with Crippen molar-refractivity contribution in [2.45, 2.75) is 13.0 Å². The molecule has 0 aliphatic heterocycles. The van der Waals surface area contributed by atoms with Crippen LogP contribution >= 0.6 is 0 Å². The Morgan fingerprint density at radius 2 is 2.33 bits per heavy atom. The van der Waals surface area contributed by atoms with Crippen LogP contribution in [0, 0.1) is 0 Å². The fourth-order valence-electron chi connectivity index (χ4n) is 0.764. The van der Waals surface area contributed by atoms with Crippen LogP contribution in [-0.4, -0.2) is 16.3 Å². The Hall–Kier alpha value is -1.33.